The number of nitrogens with zero attached hydrogens (tertiary/aromatic N) is 2. The van der Waals surface area contributed by atoms with Gasteiger partial charge >= 0.3 is 0 Å². The van der Waals surface area contributed by atoms with Crippen molar-refractivity contribution in [2.24, 2.45) is 0 Å². The molecule has 3 rings (SSSR count). The molecular weight excluding hydrogens is 262 g/mol. The standard InChI is InChI=1S/C17H21N3O/c1-9-8-14(21-4)10(2)7-13(9)15-11(3)16(18)20-17(19-15)12-5-6-12/h7-8,12H,5-6H2,1-4H3,(H2,18,19,20). The Morgan fingerprint density at radius 1 is 1.10 bits per heavy atom. The van der Waals surface area contributed by atoms with Crippen molar-refractivity contribution in [2.45, 2.75) is 39.5 Å². The molecule has 2 N–H and O–H groups in total. The van der Waals surface area contributed by atoms with Gasteiger partial charge in [-0.1, -0.05) is 0 Å². The summed E-state index contributed by atoms with van der Waals surface area (Å²) < 4.78 is 5.39. The predicted octanol–water partition coefficient (Wildman–Crippen LogP) is 3.54. The minimum absolute atomic E-state index is 0.492. The van der Waals surface area contributed by atoms with Gasteiger partial charge in [0.1, 0.15) is 17.4 Å². The second-order valence-electron chi connectivity index (χ2n) is 5.85. The van der Waals surface area contributed by atoms with Crippen LogP contribution in [0.15, 0.2) is 12.1 Å². The number of aromatic nitrogens is 2. The van der Waals surface area contributed by atoms with Crippen LogP contribution >= 0.6 is 0 Å². The topological polar surface area (TPSA) is 61.0 Å². The molecule has 1 saturated carbocycles. The van der Waals surface area contributed by atoms with Crippen LogP contribution in [-0.4, -0.2) is 17.1 Å². The molecule has 1 aliphatic rings. The molecule has 4 heteroatoms. The van der Waals surface area contributed by atoms with E-state index in [0.717, 1.165) is 39.5 Å². The maximum absolute atomic E-state index is 6.09. The molecule has 0 saturated heterocycles. The van der Waals surface area contributed by atoms with Crippen LogP contribution in [0.1, 0.15) is 41.3 Å². The fourth-order valence-corrected chi connectivity index (χ4v) is 2.60. The molecule has 0 bridgehead atoms. The lowest BCUT2D eigenvalue weighted by molar-refractivity contribution is 0.411. The highest BCUT2D eigenvalue weighted by Crippen LogP contribution is 2.40. The van der Waals surface area contributed by atoms with Gasteiger partial charge < -0.3 is 10.5 Å². The van der Waals surface area contributed by atoms with Crippen LogP contribution in [0.5, 0.6) is 5.75 Å². The number of benzene rings is 1. The van der Waals surface area contributed by atoms with Gasteiger partial charge in [0.2, 0.25) is 0 Å². The number of nitrogens with two attached hydrogens (primary N) is 1. The Morgan fingerprint density at radius 2 is 1.81 bits per heavy atom. The van der Waals surface area contributed by atoms with Gasteiger partial charge in [0.25, 0.3) is 0 Å². The van der Waals surface area contributed by atoms with E-state index in [9.17, 15) is 0 Å². The largest absolute Gasteiger partial charge is 0.496 e. The Labute approximate surface area is 125 Å². The quantitative estimate of drug-likeness (QED) is 0.936. The van der Waals surface area contributed by atoms with Gasteiger partial charge in [-0.15, -0.1) is 0 Å². The van der Waals surface area contributed by atoms with Gasteiger partial charge in [-0.25, -0.2) is 9.97 Å². The second kappa shape index (κ2) is 5.02. The van der Waals surface area contributed by atoms with Gasteiger partial charge in [0.05, 0.1) is 12.8 Å². The van der Waals surface area contributed by atoms with E-state index < -0.39 is 0 Å². The Balaban J connectivity index is 2.17. The number of hydrogen-bond donors (Lipinski definition) is 1. The predicted molar refractivity (Wildman–Crippen MR) is 84.6 cm³/mol. The van der Waals surface area contributed by atoms with Crippen molar-refractivity contribution in [3.8, 4) is 17.0 Å². The van der Waals surface area contributed by atoms with Crippen LogP contribution in [0.25, 0.3) is 11.3 Å². The molecule has 0 atom stereocenters. The number of aryl methyl sites for hydroxylation is 2. The van der Waals surface area contributed by atoms with Crippen LogP contribution in [0, 0.1) is 20.8 Å². The van der Waals surface area contributed by atoms with Gasteiger partial charge in [0.15, 0.2) is 0 Å². The maximum atomic E-state index is 6.09. The fourth-order valence-electron chi connectivity index (χ4n) is 2.60. The summed E-state index contributed by atoms with van der Waals surface area (Å²) in [6.45, 7) is 6.11. The Bertz CT molecular complexity index is 706. The van der Waals surface area contributed by atoms with Crippen molar-refractivity contribution in [3.63, 3.8) is 0 Å². The highest BCUT2D eigenvalue weighted by molar-refractivity contribution is 5.72. The van der Waals surface area contributed by atoms with Crippen molar-refractivity contribution in [1.82, 2.24) is 9.97 Å². The lowest BCUT2D eigenvalue weighted by atomic mass is 9.99. The molecule has 1 aliphatic carbocycles. The normalized spacial score (nSPS) is 14.3. The summed E-state index contributed by atoms with van der Waals surface area (Å²) in [5.74, 6) is 2.88. The average molecular weight is 283 g/mol. The number of ether oxygens (including phenoxy) is 1. The lowest BCUT2D eigenvalue weighted by Crippen LogP contribution is -2.05. The third kappa shape index (κ3) is 2.46. The second-order valence-corrected chi connectivity index (χ2v) is 5.85. The van der Waals surface area contributed by atoms with Gasteiger partial charge in [0, 0.05) is 17.0 Å². The fraction of sp³-hybridized carbons (Fsp3) is 0.412. The number of hydrogen-bond acceptors (Lipinski definition) is 4. The minimum Gasteiger partial charge on any atom is -0.496 e. The molecule has 1 heterocycles. The van der Waals surface area contributed by atoms with E-state index in [1.807, 2.05) is 13.8 Å². The number of methoxy groups -OCH3 is 1. The van der Waals surface area contributed by atoms with Crippen LogP contribution in [0.4, 0.5) is 5.82 Å². The van der Waals surface area contributed by atoms with Crippen LogP contribution in [0.2, 0.25) is 0 Å². The zero-order valence-electron chi connectivity index (χ0n) is 13.0. The molecule has 0 unspecified atom stereocenters. The smallest absolute Gasteiger partial charge is 0.134 e. The maximum Gasteiger partial charge on any atom is 0.134 e. The zero-order chi connectivity index (χ0) is 15.1. The Kier molecular flexibility index (Phi) is 3.32. The number of nitrogen functional groups attached to an aromatic ring is 1. The van der Waals surface area contributed by atoms with E-state index in [-0.39, 0.29) is 0 Å². The molecule has 1 aromatic carbocycles. The summed E-state index contributed by atoms with van der Waals surface area (Å²) in [6.07, 6.45) is 2.34. The molecule has 1 aromatic heterocycles. The van der Waals surface area contributed by atoms with E-state index in [2.05, 4.69) is 24.0 Å². The summed E-state index contributed by atoms with van der Waals surface area (Å²) in [7, 11) is 1.70. The summed E-state index contributed by atoms with van der Waals surface area (Å²) in [5.41, 5.74) is 11.3. The minimum atomic E-state index is 0.492. The molecule has 0 amide bonds. The van der Waals surface area contributed by atoms with E-state index >= 15 is 0 Å². The SMILES string of the molecule is COc1cc(C)c(-c2nc(C3CC3)nc(N)c2C)cc1C. The Morgan fingerprint density at radius 3 is 2.43 bits per heavy atom. The molecule has 0 radical (unpaired) electrons. The summed E-state index contributed by atoms with van der Waals surface area (Å²) >= 11 is 0. The summed E-state index contributed by atoms with van der Waals surface area (Å²) in [5, 5.41) is 0. The van der Waals surface area contributed by atoms with Crippen LogP contribution in [0.3, 0.4) is 0 Å². The molecule has 0 spiro atoms. The van der Waals surface area contributed by atoms with Crippen LogP contribution in [-0.2, 0) is 0 Å². The molecule has 110 valence electrons. The van der Waals surface area contributed by atoms with E-state index in [0.29, 0.717) is 11.7 Å². The first-order chi connectivity index (χ1) is 10.0. The summed E-state index contributed by atoms with van der Waals surface area (Å²) in [4.78, 5) is 9.24. The third-order valence-corrected chi connectivity index (χ3v) is 4.14. The van der Waals surface area contributed by atoms with E-state index in [1.165, 1.54) is 12.8 Å². The Hall–Kier alpha value is -2.10. The lowest BCUT2D eigenvalue weighted by Gasteiger charge is -2.14. The van der Waals surface area contributed by atoms with E-state index in [1.54, 1.807) is 7.11 Å². The molecular formula is C17H21N3O. The molecule has 2 aromatic rings. The van der Waals surface area contributed by atoms with E-state index in [4.69, 9.17) is 15.5 Å². The van der Waals surface area contributed by atoms with Crippen molar-refractivity contribution in [3.05, 3.63) is 34.6 Å². The molecule has 0 aliphatic heterocycles. The summed E-state index contributed by atoms with van der Waals surface area (Å²) in [6, 6.07) is 4.18. The zero-order valence-corrected chi connectivity index (χ0v) is 13.0. The highest BCUT2D eigenvalue weighted by atomic mass is 16.5. The molecule has 1 fully saturated rings. The van der Waals surface area contributed by atoms with Crippen molar-refractivity contribution in [2.75, 3.05) is 12.8 Å². The third-order valence-electron chi connectivity index (χ3n) is 4.14. The first-order valence-electron chi connectivity index (χ1n) is 7.31. The first-order valence-corrected chi connectivity index (χ1v) is 7.31. The van der Waals surface area contributed by atoms with Crippen molar-refractivity contribution < 1.29 is 4.74 Å². The van der Waals surface area contributed by atoms with Gasteiger partial charge in [-0.05, 0) is 56.9 Å². The molecule has 21 heavy (non-hydrogen) atoms. The average Bonchev–Trinajstić information content (AvgIpc) is 3.28. The van der Waals surface area contributed by atoms with Crippen molar-refractivity contribution >= 4 is 5.82 Å². The van der Waals surface area contributed by atoms with Gasteiger partial charge in [-0.2, -0.15) is 0 Å². The first kappa shape index (κ1) is 13.9. The van der Waals surface area contributed by atoms with Gasteiger partial charge in [-0.3, -0.25) is 0 Å². The molecule has 4 nitrogen and oxygen atoms in total. The highest BCUT2D eigenvalue weighted by Gasteiger charge is 2.28. The van der Waals surface area contributed by atoms with Crippen molar-refractivity contribution in [1.29, 1.82) is 0 Å². The number of rotatable bonds is 3. The van der Waals surface area contributed by atoms with Crippen LogP contribution < -0.4 is 10.5 Å². The number of anilines is 1. The monoisotopic (exact) mass is 283 g/mol.